The number of benzene rings is 1. The van der Waals surface area contributed by atoms with Crippen LogP contribution in [0.3, 0.4) is 0 Å². The predicted octanol–water partition coefficient (Wildman–Crippen LogP) is 2.29. The number of carbonyl (C=O) groups excluding carboxylic acids is 3. The van der Waals surface area contributed by atoms with E-state index in [9.17, 15) is 14.4 Å². The second kappa shape index (κ2) is 10.4. The molecule has 0 atom stereocenters. The Morgan fingerprint density at radius 2 is 1.82 bits per heavy atom. The number of hydrogen-bond acceptors (Lipinski definition) is 7. The van der Waals surface area contributed by atoms with E-state index in [4.69, 9.17) is 9.15 Å². The average Bonchev–Trinajstić information content (AvgIpc) is 3.22. The number of fused-ring (bicyclic) bond motifs is 1. The van der Waals surface area contributed by atoms with Crippen molar-refractivity contribution in [1.29, 1.82) is 0 Å². The first-order valence-electron chi connectivity index (χ1n) is 10.7. The summed E-state index contributed by atoms with van der Waals surface area (Å²) in [5.74, 6) is -0.332. The molecule has 1 aliphatic carbocycles. The largest absolute Gasteiger partial charge is 0.484 e. The molecule has 2 heterocycles. The van der Waals surface area contributed by atoms with Crippen LogP contribution < -0.4 is 21.0 Å². The first-order chi connectivity index (χ1) is 16.5. The summed E-state index contributed by atoms with van der Waals surface area (Å²) in [5, 5.41) is 4.26. The Balaban J connectivity index is 1.39. The van der Waals surface area contributed by atoms with Crippen molar-refractivity contribution in [2.24, 2.45) is 5.10 Å². The Hall–Kier alpha value is -4.47. The summed E-state index contributed by atoms with van der Waals surface area (Å²) in [6.45, 7) is 1.48. The van der Waals surface area contributed by atoms with Crippen molar-refractivity contribution < 1.29 is 23.5 Å². The number of pyridine rings is 1. The van der Waals surface area contributed by atoms with E-state index in [-0.39, 0.29) is 18.1 Å². The van der Waals surface area contributed by atoms with E-state index in [0.29, 0.717) is 41.2 Å². The summed E-state index contributed by atoms with van der Waals surface area (Å²) in [5.41, 5.74) is 9.30. The highest BCUT2D eigenvalue weighted by Crippen LogP contribution is 2.29. The molecule has 0 spiro atoms. The van der Waals surface area contributed by atoms with Gasteiger partial charge in [-0.2, -0.15) is 5.10 Å². The predicted molar refractivity (Wildman–Crippen MR) is 122 cm³/mol. The van der Waals surface area contributed by atoms with Crippen molar-refractivity contribution in [3.8, 4) is 5.75 Å². The molecule has 0 fully saturated rings. The summed E-state index contributed by atoms with van der Waals surface area (Å²) < 4.78 is 11.1. The van der Waals surface area contributed by atoms with Gasteiger partial charge < -0.3 is 9.15 Å². The number of amides is 3. The van der Waals surface area contributed by atoms with E-state index in [1.54, 1.807) is 49.4 Å². The minimum atomic E-state index is -0.600. The molecule has 3 N–H and O–H groups in total. The second-order valence-electron chi connectivity index (χ2n) is 7.53. The van der Waals surface area contributed by atoms with Crippen LogP contribution >= 0.6 is 0 Å². The van der Waals surface area contributed by atoms with Crippen LogP contribution in [-0.4, -0.2) is 35.0 Å². The fraction of sp³-hybridized carbons (Fsp3) is 0.208. The van der Waals surface area contributed by atoms with Gasteiger partial charge in [-0.1, -0.05) is 24.3 Å². The van der Waals surface area contributed by atoms with Gasteiger partial charge in [0.25, 0.3) is 11.8 Å². The maximum atomic E-state index is 12.6. The number of hydrazone groups is 1. The summed E-state index contributed by atoms with van der Waals surface area (Å²) in [6, 6.07) is 13.9. The number of nitrogens with zero attached hydrogens (tertiary/aromatic N) is 2. The van der Waals surface area contributed by atoms with Crippen molar-refractivity contribution in [3.05, 3.63) is 83.1 Å². The van der Waals surface area contributed by atoms with Gasteiger partial charge >= 0.3 is 5.91 Å². The molecule has 174 valence electrons. The van der Waals surface area contributed by atoms with Crippen LogP contribution in [0.15, 0.2) is 64.2 Å². The summed E-state index contributed by atoms with van der Waals surface area (Å²) in [6.07, 6.45) is 3.53. The number of aromatic nitrogens is 1. The van der Waals surface area contributed by atoms with Gasteiger partial charge in [0, 0.05) is 23.7 Å². The van der Waals surface area contributed by atoms with E-state index in [2.05, 4.69) is 26.4 Å². The van der Waals surface area contributed by atoms with Gasteiger partial charge in [-0.15, -0.1) is 0 Å². The van der Waals surface area contributed by atoms with E-state index in [1.807, 2.05) is 6.07 Å². The number of furan rings is 1. The molecule has 4 rings (SSSR count). The summed E-state index contributed by atoms with van der Waals surface area (Å²) >= 11 is 0. The third-order valence-electron chi connectivity index (χ3n) is 5.15. The van der Waals surface area contributed by atoms with E-state index in [0.717, 1.165) is 6.42 Å². The quantitative estimate of drug-likeness (QED) is 0.482. The molecule has 1 aliphatic rings. The standard InChI is InChI=1S/C24H23N5O5/c1-15-21-17(26-28-23(31)18-10-5-6-13-25-18)11-7-12-19(21)34-22(15)24(32)29-27-20(30)14-33-16-8-3-2-4-9-16/h2-6,8-10,13H,7,11-12,14H2,1H3,(H,27,30)(H,28,31)(H,29,32)/b26-17+. The number of para-hydroxylation sites is 1. The lowest BCUT2D eigenvalue weighted by atomic mass is 9.93. The van der Waals surface area contributed by atoms with Crippen molar-refractivity contribution in [3.63, 3.8) is 0 Å². The van der Waals surface area contributed by atoms with Crippen molar-refractivity contribution in [2.45, 2.75) is 26.2 Å². The minimum absolute atomic E-state index is 0.0694. The molecular weight excluding hydrogens is 438 g/mol. The van der Waals surface area contributed by atoms with Gasteiger partial charge in [-0.3, -0.25) is 30.2 Å². The smallest absolute Gasteiger partial charge is 0.305 e. The Bertz CT molecular complexity index is 1220. The number of hydrogen-bond donors (Lipinski definition) is 3. The van der Waals surface area contributed by atoms with Gasteiger partial charge in [0.05, 0.1) is 5.71 Å². The van der Waals surface area contributed by atoms with Gasteiger partial charge in [0.2, 0.25) is 0 Å². The lowest BCUT2D eigenvalue weighted by Crippen LogP contribution is -2.43. The average molecular weight is 461 g/mol. The molecule has 0 bridgehead atoms. The van der Waals surface area contributed by atoms with Crippen LogP contribution in [0.25, 0.3) is 0 Å². The number of hydrazine groups is 1. The Kier molecular flexibility index (Phi) is 6.97. The zero-order valence-electron chi connectivity index (χ0n) is 18.5. The molecule has 3 aromatic rings. The molecular formula is C24H23N5O5. The molecule has 34 heavy (non-hydrogen) atoms. The van der Waals surface area contributed by atoms with Crippen molar-refractivity contribution in [2.75, 3.05) is 6.61 Å². The zero-order valence-corrected chi connectivity index (χ0v) is 18.5. The molecule has 0 aliphatic heterocycles. The molecule has 0 radical (unpaired) electrons. The molecule has 1 aromatic carbocycles. The molecule has 0 unspecified atom stereocenters. The van der Waals surface area contributed by atoms with E-state index >= 15 is 0 Å². The fourth-order valence-electron chi connectivity index (χ4n) is 3.55. The van der Waals surface area contributed by atoms with Crippen molar-refractivity contribution in [1.82, 2.24) is 21.3 Å². The first-order valence-corrected chi connectivity index (χ1v) is 10.7. The molecule has 0 saturated carbocycles. The van der Waals surface area contributed by atoms with Crippen LogP contribution in [0, 0.1) is 6.92 Å². The molecule has 2 aromatic heterocycles. The van der Waals surface area contributed by atoms with Crippen LogP contribution in [0.5, 0.6) is 5.75 Å². The number of carbonyl (C=O) groups is 3. The fourth-order valence-corrected chi connectivity index (χ4v) is 3.55. The van der Waals surface area contributed by atoms with E-state index in [1.165, 1.54) is 6.20 Å². The number of nitrogens with one attached hydrogen (secondary N) is 3. The molecule has 0 saturated heterocycles. The monoisotopic (exact) mass is 461 g/mol. The topological polar surface area (TPSA) is 135 Å². The maximum Gasteiger partial charge on any atom is 0.305 e. The van der Waals surface area contributed by atoms with Gasteiger partial charge in [-0.25, -0.2) is 5.43 Å². The highest BCUT2D eigenvalue weighted by molar-refractivity contribution is 6.07. The summed E-state index contributed by atoms with van der Waals surface area (Å²) in [7, 11) is 0. The van der Waals surface area contributed by atoms with Crippen LogP contribution in [-0.2, 0) is 11.2 Å². The molecule has 10 heteroatoms. The van der Waals surface area contributed by atoms with Crippen LogP contribution in [0.4, 0.5) is 0 Å². The van der Waals surface area contributed by atoms with Gasteiger partial charge in [-0.05, 0) is 44.0 Å². The van der Waals surface area contributed by atoms with Crippen LogP contribution in [0.2, 0.25) is 0 Å². The van der Waals surface area contributed by atoms with E-state index < -0.39 is 17.7 Å². The number of rotatable bonds is 6. The lowest BCUT2D eigenvalue weighted by molar-refractivity contribution is -0.123. The Labute approximate surface area is 195 Å². The normalized spacial score (nSPS) is 13.6. The minimum Gasteiger partial charge on any atom is -0.484 e. The maximum absolute atomic E-state index is 12.6. The Morgan fingerprint density at radius 3 is 2.59 bits per heavy atom. The third kappa shape index (κ3) is 5.29. The molecule has 3 amide bonds. The molecule has 10 nitrogen and oxygen atoms in total. The zero-order chi connectivity index (χ0) is 23.9. The van der Waals surface area contributed by atoms with Crippen molar-refractivity contribution >= 4 is 23.4 Å². The highest BCUT2D eigenvalue weighted by Gasteiger charge is 2.28. The van der Waals surface area contributed by atoms with Gasteiger partial charge in [0.15, 0.2) is 12.4 Å². The SMILES string of the molecule is Cc1c(C(=O)NNC(=O)COc2ccccc2)oc2c1/C(=N/NC(=O)c1ccccn1)CCC2. The third-order valence-corrected chi connectivity index (χ3v) is 5.15. The lowest BCUT2D eigenvalue weighted by Gasteiger charge is -2.13. The first kappa shape index (κ1) is 22.7. The summed E-state index contributed by atoms with van der Waals surface area (Å²) in [4.78, 5) is 40.9. The van der Waals surface area contributed by atoms with Gasteiger partial charge in [0.1, 0.15) is 17.2 Å². The highest BCUT2D eigenvalue weighted by atomic mass is 16.5. The van der Waals surface area contributed by atoms with Crippen LogP contribution in [0.1, 0.15) is 50.8 Å². The Morgan fingerprint density at radius 1 is 1.03 bits per heavy atom. The second-order valence-corrected chi connectivity index (χ2v) is 7.53. The number of ether oxygens (including phenoxy) is 1. The number of aryl methyl sites for hydroxylation is 1.